The molecule has 1 saturated carbocycles. The SMILES string of the molecule is COc1ccc(N2C(=O)CN(C3CCCCC3)C2=S)cc1. The predicted molar refractivity (Wildman–Crippen MR) is 86.7 cm³/mol. The second kappa shape index (κ2) is 6.02. The molecule has 0 radical (unpaired) electrons. The summed E-state index contributed by atoms with van der Waals surface area (Å²) in [5.41, 5.74) is 0.823. The van der Waals surface area contributed by atoms with Gasteiger partial charge in [0.25, 0.3) is 5.91 Å². The van der Waals surface area contributed by atoms with E-state index in [1.165, 1.54) is 19.3 Å². The van der Waals surface area contributed by atoms with E-state index in [1.54, 1.807) is 12.0 Å². The van der Waals surface area contributed by atoms with E-state index in [0.717, 1.165) is 24.3 Å². The fourth-order valence-corrected chi connectivity index (χ4v) is 3.60. The van der Waals surface area contributed by atoms with Gasteiger partial charge < -0.3 is 9.64 Å². The third-order valence-electron chi connectivity index (χ3n) is 4.34. The van der Waals surface area contributed by atoms with E-state index in [9.17, 15) is 4.79 Å². The minimum Gasteiger partial charge on any atom is -0.497 e. The molecule has 0 aromatic heterocycles. The number of thiocarbonyl (C=S) groups is 1. The van der Waals surface area contributed by atoms with Crippen LogP contribution in [0.4, 0.5) is 5.69 Å². The maximum Gasteiger partial charge on any atom is 0.252 e. The molecule has 1 aromatic rings. The summed E-state index contributed by atoms with van der Waals surface area (Å²) in [6.45, 7) is 0.412. The quantitative estimate of drug-likeness (QED) is 0.804. The van der Waals surface area contributed by atoms with Gasteiger partial charge in [-0.2, -0.15) is 0 Å². The molecule has 2 fully saturated rings. The van der Waals surface area contributed by atoms with Crippen molar-refractivity contribution in [3.63, 3.8) is 0 Å². The molecule has 0 spiro atoms. The highest BCUT2D eigenvalue weighted by atomic mass is 32.1. The van der Waals surface area contributed by atoms with Gasteiger partial charge in [-0.3, -0.25) is 9.69 Å². The first-order valence-corrected chi connectivity index (χ1v) is 7.89. The first-order chi connectivity index (χ1) is 10.2. The van der Waals surface area contributed by atoms with E-state index >= 15 is 0 Å². The largest absolute Gasteiger partial charge is 0.497 e. The number of rotatable bonds is 3. The number of hydrogen-bond donors (Lipinski definition) is 0. The molecule has 4 nitrogen and oxygen atoms in total. The molecule has 1 aromatic carbocycles. The maximum absolute atomic E-state index is 12.4. The lowest BCUT2D eigenvalue weighted by Crippen LogP contribution is -2.40. The van der Waals surface area contributed by atoms with Crippen LogP contribution >= 0.6 is 12.2 Å². The zero-order chi connectivity index (χ0) is 14.8. The lowest BCUT2D eigenvalue weighted by molar-refractivity contribution is -0.116. The Balaban J connectivity index is 1.79. The molecule has 1 saturated heterocycles. The third kappa shape index (κ3) is 2.75. The first-order valence-electron chi connectivity index (χ1n) is 7.48. The molecule has 1 heterocycles. The number of hydrogen-bond acceptors (Lipinski definition) is 3. The van der Waals surface area contributed by atoms with Gasteiger partial charge in [-0.25, -0.2) is 0 Å². The number of carbonyl (C=O) groups is 1. The lowest BCUT2D eigenvalue weighted by Gasteiger charge is -2.32. The highest BCUT2D eigenvalue weighted by Crippen LogP contribution is 2.29. The third-order valence-corrected chi connectivity index (χ3v) is 4.76. The summed E-state index contributed by atoms with van der Waals surface area (Å²) in [7, 11) is 1.63. The fraction of sp³-hybridized carbons (Fsp3) is 0.500. The normalized spacial score (nSPS) is 20.2. The summed E-state index contributed by atoms with van der Waals surface area (Å²) in [5.74, 6) is 0.844. The van der Waals surface area contributed by atoms with Crippen molar-refractivity contribution in [2.24, 2.45) is 0 Å². The average molecular weight is 304 g/mol. The molecule has 112 valence electrons. The van der Waals surface area contributed by atoms with E-state index < -0.39 is 0 Å². The number of carbonyl (C=O) groups excluding carboxylic acids is 1. The van der Waals surface area contributed by atoms with Gasteiger partial charge in [0.05, 0.1) is 12.8 Å². The van der Waals surface area contributed by atoms with Crippen molar-refractivity contribution < 1.29 is 9.53 Å². The second-order valence-corrected chi connectivity index (χ2v) is 5.99. The Morgan fingerprint density at radius 3 is 2.43 bits per heavy atom. The molecule has 5 heteroatoms. The van der Waals surface area contributed by atoms with E-state index in [4.69, 9.17) is 17.0 Å². The number of ether oxygens (including phenoxy) is 1. The number of methoxy groups -OCH3 is 1. The molecular formula is C16H20N2O2S. The van der Waals surface area contributed by atoms with E-state index in [-0.39, 0.29) is 5.91 Å². The molecule has 0 unspecified atom stereocenters. The number of benzene rings is 1. The topological polar surface area (TPSA) is 32.8 Å². The Labute approximate surface area is 130 Å². The van der Waals surface area contributed by atoms with Crippen LogP contribution in [-0.2, 0) is 4.79 Å². The number of nitrogens with zero attached hydrogens (tertiary/aromatic N) is 2. The van der Waals surface area contributed by atoms with Gasteiger partial charge >= 0.3 is 0 Å². The molecule has 0 atom stereocenters. The van der Waals surface area contributed by atoms with Gasteiger partial charge in [0, 0.05) is 6.04 Å². The molecule has 1 aliphatic heterocycles. The van der Waals surface area contributed by atoms with Crippen LogP contribution in [0.25, 0.3) is 0 Å². The highest BCUT2D eigenvalue weighted by Gasteiger charge is 2.37. The van der Waals surface area contributed by atoms with Crippen molar-refractivity contribution >= 4 is 28.9 Å². The van der Waals surface area contributed by atoms with Crippen molar-refractivity contribution in [3.8, 4) is 5.75 Å². The van der Waals surface area contributed by atoms with Crippen molar-refractivity contribution in [1.82, 2.24) is 4.90 Å². The van der Waals surface area contributed by atoms with Crippen LogP contribution in [0.1, 0.15) is 32.1 Å². The van der Waals surface area contributed by atoms with E-state index in [2.05, 4.69) is 4.90 Å². The Hall–Kier alpha value is -1.62. The average Bonchev–Trinajstić information content (AvgIpc) is 2.83. The van der Waals surface area contributed by atoms with Gasteiger partial charge in [-0.15, -0.1) is 0 Å². The Bertz CT molecular complexity index is 538. The predicted octanol–water partition coefficient (Wildman–Crippen LogP) is 2.96. The zero-order valence-corrected chi connectivity index (χ0v) is 13.1. The van der Waals surface area contributed by atoms with Gasteiger partial charge in [-0.1, -0.05) is 19.3 Å². The highest BCUT2D eigenvalue weighted by molar-refractivity contribution is 7.80. The lowest BCUT2D eigenvalue weighted by atomic mass is 9.94. The summed E-state index contributed by atoms with van der Waals surface area (Å²) < 4.78 is 5.16. The van der Waals surface area contributed by atoms with Crippen molar-refractivity contribution in [2.75, 3.05) is 18.6 Å². The number of amides is 1. The van der Waals surface area contributed by atoms with E-state index in [0.29, 0.717) is 17.7 Å². The monoisotopic (exact) mass is 304 g/mol. The van der Waals surface area contributed by atoms with Gasteiger partial charge in [0.1, 0.15) is 12.3 Å². The minimum atomic E-state index is 0.0655. The summed E-state index contributed by atoms with van der Waals surface area (Å²) in [6, 6.07) is 7.91. The Kier molecular flexibility index (Phi) is 4.10. The summed E-state index contributed by atoms with van der Waals surface area (Å²) in [5, 5.41) is 0.650. The molecule has 1 amide bonds. The zero-order valence-electron chi connectivity index (χ0n) is 12.2. The molecule has 21 heavy (non-hydrogen) atoms. The van der Waals surface area contributed by atoms with Gasteiger partial charge in [-0.05, 0) is 49.3 Å². The van der Waals surface area contributed by atoms with Crippen molar-refractivity contribution in [3.05, 3.63) is 24.3 Å². The van der Waals surface area contributed by atoms with Gasteiger partial charge in [0.15, 0.2) is 5.11 Å². The first kappa shape index (κ1) is 14.3. The molecule has 3 rings (SSSR count). The standard InChI is InChI=1S/C16H20N2O2S/c1-20-14-9-7-13(8-10-14)18-15(19)11-17(16(18)21)12-5-3-2-4-6-12/h7-10,12H,2-6,11H2,1H3. The van der Waals surface area contributed by atoms with E-state index in [1.807, 2.05) is 24.3 Å². The smallest absolute Gasteiger partial charge is 0.252 e. The van der Waals surface area contributed by atoms with Crippen LogP contribution in [0.15, 0.2) is 24.3 Å². The summed E-state index contributed by atoms with van der Waals surface area (Å²) in [4.78, 5) is 16.1. The van der Waals surface area contributed by atoms with Crippen LogP contribution in [0.2, 0.25) is 0 Å². The Morgan fingerprint density at radius 1 is 1.14 bits per heavy atom. The molecule has 0 N–H and O–H groups in total. The minimum absolute atomic E-state index is 0.0655. The number of anilines is 1. The molecule has 1 aliphatic carbocycles. The second-order valence-electron chi connectivity index (χ2n) is 5.63. The Morgan fingerprint density at radius 2 is 1.81 bits per heavy atom. The summed E-state index contributed by atoms with van der Waals surface area (Å²) in [6.07, 6.45) is 6.06. The molecule has 0 bridgehead atoms. The van der Waals surface area contributed by atoms with Crippen LogP contribution in [0, 0.1) is 0 Å². The van der Waals surface area contributed by atoms with Crippen LogP contribution in [0.3, 0.4) is 0 Å². The summed E-state index contributed by atoms with van der Waals surface area (Å²) >= 11 is 5.56. The van der Waals surface area contributed by atoms with Crippen LogP contribution in [0.5, 0.6) is 5.75 Å². The molecular weight excluding hydrogens is 284 g/mol. The van der Waals surface area contributed by atoms with Crippen LogP contribution < -0.4 is 9.64 Å². The van der Waals surface area contributed by atoms with Gasteiger partial charge in [0.2, 0.25) is 0 Å². The van der Waals surface area contributed by atoms with Crippen molar-refractivity contribution in [1.29, 1.82) is 0 Å². The van der Waals surface area contributed by atoms with Crippen LogP contribution in [-0.4, -0.2) is 35.6 Å². The molecule has 2 aliphatic rings. The maximum atomic E-state index is 12.4. The van der Waals surface area contributed by atoms with Crippen molar-refractivity contribution in [2.45, 2.75) is 38.1 Å². The fourth-order valence-electron chi connectivity index (χ4n) is 3.18.